The van der Waals surface area contributed by atoms with Crippen LogP contribution in [-0.4, -0.2) is 16.8 Å². The summed E-state index contributed by atoms with van der Waals surface area (Å²) in [6.07, 6.45) is 0.305. The molecule has 0 bridgehead atoms. The van der Waals surface area contributed by atoms with Gasteiger partial charge in [-0.15, -0.1) is 22.9 Å². The summed E-state index contributed by atoms with van der Waals surface area (Å²) in [6, 6.07) is 9.86. The van der Waals surface area contributed by atoms with E-state index in [9.17, 15) is 4.79 Å². The largest absolute Gasteiger partial charge is 0.310 e. The summed E-state index contributed by atoms with van der Waals surface area (Å²) in [5, 5.41) is 5.43. The van der Waals surface area contributed by atoms with Crippen LogP contribution in [0.25, 0.3) is 10.6 Å². The van der Waals surface area contributed by atoms with Crippen molar-refractivity contribution in [2.45, 2.75) is 6.42 Å². The highest BCUT2D eigenvalue weighted by atomic mass is 35.5. The van der Waals surface area contributed by atoms with E-state index in [2.05, 4.69) is 10.3 Å². The quantitative estimate of drug-likeness (QED) is 0.862. The van der Waals surface area contributed by atoms with Gasteiger partial charge in [0.15, 0.2) is 0 Å². The lowest BCUT2D eigenvalue weighted by atomic mass is 10.2. The van der Waals surface area contributed by atoms with Gasteiger partial charge >= 0.3 is 0 Å². The number of thiazole rings is 1. The number of hydrogen-bond acceptors (Lipinski definition) is 3. The smallest absolute Gasteiger partial charge is 0.226 e. The Hall–Kier alpha value is -1.39. The Morgan fingerprint density at radius 3 is 2.82 bits per heavy atom. The van der Waals surface area contributed by atoms with Crippen LogP contribution < -0.4 is 5.32 Å². The maximum atomic E-state index is 11.3. The molecule has 0 spiro atoms. The van der Waals surface area contributed by atoms with Crippen LogP contribution in [-0.2, 0) is 4.79 Å². The highest BCUT2D eigenvalue weighted by molar-refractivity contribution is 7.13. The molecule has 0 aliphatic carbocycles. The van der Waals surface area contributed by atoms with Crippen molar-refractivity contribution in [3.63, 3.8) is 0 Å². The number of amides is 1. The minimum atomic E-state index is -0.107. The highest BCUT2D eigenvalue weighted by Gasteiger charge is 2.06. The Bertz CT molecular complexity index is 498. The van der Waals surface area contributed by atoms with Gasteiger partial charge in [0.2, 0.25) is 5.91 Å². The second kappa shape index (κ2) is 5.80. The lowest BCUT2D eigenvalue weighted by molar-refractivity contribution is -0.115. The first-order valence-corrected chi connectivity index (χ1v) is 6.58. The Morgan fingerprint density at radius 1 is 1.35 bits per heavy atom. The Labute approximate surface area is 108 Å². The third kappa shape index (κ3) is 3.28. The summed E-state index contributed by atoms with van der Waals surface area (Å²) in [4.78, 5) is 15.7. The summed E-state index contributed by atoms with van der Waals surface area (Å²) >= 11 is 6.99. The number of carbonyl (C=O) groups excluding carboxylic acids is 1. The molecule has 0 fully saturated rings. The number of halogens is 1. The average molecular weight is 267 g/mol. The van der Waals surface area contributed by atoms with Gasteiger partial charge in [-0.2, -0.15) is 0 Å². The van der Waals surface area contributed by atoms with Crippen LogP contribution in [0, 0.1) is 0 Å². The molecule has 17 heavy (non-hydrogen) atoms. The third-order valence-corrected chi connectivity index (χ3v) is 3.19. The van der Waals surface area contributed by atoms with Crippen LogP contribution in [0.15, 0.2) is 35.7 Å². The van der Waals surface area contributed by atoms with E-state index in [-0.39, 0.29) is 5.91 Å². The molecular formula is C12H11ClN2OS. The first-order chi connectivity index (χ1) is 8.29. The zero-order valence-electron chi connectivity index (χ0n) is 9.02. The number of nitrogens with one attached hydrogen (secondary N) is 1. The second-order valence-corrected chi connectivity index (χ2v) is 4.63. The standard InChI is InChI=1S/C12H11ClN2OS/c13-7-6-11(16)14-10-8-17-12(15-10)9-4-2-1-3-5-9/h1-5,8H,6-7H2,(H,14,16). The molecule has 88 valence electrons. The summed E-state index contributed by atoms with van der Waals surface area (Å²) < 4.78 is 0. The number of carbonyl (C=O) groups is 1. The lowest BCUT2D eigenvalue weighted by Gasteiger charge is -1.98. The van der Waals surface area contributed by atoms with Crippen LogP contribution in [0.5, 0.6) is 0 Å². The van der Waals surface area contributed by atoms with E-state index < -0.39 is 0 Å². The third-order valence-electron chi connectivity index (χ3n) is 2.11. The second-order valence-electron chi connectivity index (χ2n) is 3.39. The van der Waals surface area contributed by atoms with Crippen molar-refractivity contribution in [1.82, 2.24) is 4.98 Å². The van der Waals surface area contributed by atoms with Gasteiger partial charge < -0.3 is 5.32 Å². The monoisotopic (exact) mass is 266 g/mol. The van der Waals surface area contributed by atoms with E-state index >= 15 is 0 Å². The number of anilines is 1. The number of nitrogens with zero attached hydrogens (tertiary/aromatic N) is 1. The van der Waals surface area contributed by atoms with E-state index in [0.29, 0.717) is 18.1 Å². The number of benzene rings is 1. The van der Waals surface area contributed by atoms with Crippen molar-refractivity contribution >= 4 is 34.7 Å². The number of rotatable bonds is 4. The van der Waals surface area contributed by atoms with Gasteiger partial charge in [-0.3, -0.25) is 4.79 Å². The molecule has 0 unspecified atom stereocenters. The number of alkyl halides is 1. The maximum Gasteiger partial charge on any atom is 0.226 e. The molecule has 1 heterocycles. The van der Waals surface area contributed by atoms with Crippen molar-refractivity contribution in [2.24, 2.45) is 0 Å². The molecule has 5 heteroatoms. The average Bonchev–Trinajstić information content (AvgIpc) is 2.79. The molecule has 0 radical (unpaired) electrons. The van der Waals surface area contributed by atoms with Gasteiger partial charge in [-0.05, 0) is 0 Å². The van der Waals surface area contributed by atoms with E-state index in [1.165, 1.54) is 11.3 Å². The van der Waals surface area contributed by atoms with Gasteiger partial charge in [0.1, 0.15) is 10.8 Å². The maximum absolute atomic E-state index is 11.3. The summed E-state index contributed by atoms with van der Waals surface area (Å²) in [6.45, 7) is 0. The number of hydrogen-bond donors (Lipinski definition) is 1. The molecular weight excluding hydrogens is 256 g/mol. The lowest BCUT2D eigenvalue weighted by Crippen LogP contribution is -2.11. The van der Waals surface area contributed by atoms with Crippen molar-refractivity contribution < 1.29 is 4.79 Å². The molecule has 0 atom stereocenters. The zero-order valence-corrected chi connectivity index (χ0v) is 10.6. The van der Waals surface area contributed by atoms with Crippen molar-refractivity contribution in [1.29, 1.82) is 0 Å². The number of aromatic nitrogens is 1. The first-order valence-electron chi connectivity index (χ1n) is 5.16. The van der Waals surface area contributed by atoms with Crippen LogP contribution in [0.1, 0.15) is 6.42 Å². The molecule has 1 aromatic heterocycles. The topological polar surface area (TPSA) is 42.0 Å². The molecule has 3 nitrogen and oxygen atoms in total. The molecule has 1 amide bonds. The SMILES string of the molecule is O=C(CCCl)Nc1csc(-c2ccccc2)n1. The van der Waals surface area contributed by atoms with Crippen molar-refractivity contribution in [3.8, 4) is 10.6 Å². The van der Waals surface area contributed by atoms with Crippen molar-refractivity contribution in [3.05, 3.63) is 35.7 Å². The molecule has 0 aliphatic heterocycles. The fourth-order valence-corrected chi connectivity index (χ4v) is 2.27. The van der Waals surface area contributed by atoms with E-state index in [1.807, 2.05) is 35.7 Å². The molecule has 0 aliphatic rings. The van der Waals surface area contributed by atoms with Crippen LogP contribution >= 0.6 is 22.9 Å². The molecule has 1 aromatic carbocycles. The molecule has 0 saturated heterocycles. The van der Waals surface area contributed by atoms with E-state index in [4.69, 9.17) is 11.6 Å². The Morgan fingerprint density at radius 2 is 2.12 bits per heavy atom. The zero-order chi connectivity index (χ0) is 12.1. The molecule has 2 rings (SSSR count). The minimum Gasteiger partial charge on any atom is -0.310 e. The van der Waals surface area contributed by atoms with Crippen LogP contribution in [0.4, 0.5) is 5.82 Å². The van der Waals surface area contributed by atoms with Gasteiger partial charge in [-0.25, -0.2) is 4.98 Å². The van der Waals surface area contributed by atoms with Crippen LogP contribution in [0.3, 0.4) is 0 Å². The molecule has 2 aromatic rings. The fourth-order valence-electron chi connectivity index (χ4n) is 1.34. The normalized spacial score (nSPS) is 10.2. The van der Waals surface area contributed by atoms with E-state index in [1.54, 1.807) is 0 Å². The Kier molecular flexibility index (Phi) is 4.12. The van der Waals surface area contributed by atoms with Crippen molar-refractivity contribution in [2.75, 3.05) is 11.2 Å². The summed E-state index contributed by atoms with van der Waals surface area (Å²) in [7, 11) is 0. The summed E-state index contributed by atoms with van der Waals surface area (Å²) in [5.74, 6) is 0.801. The van der Waals surface area contributed by atoms with Gasteiger partial charge in [-0.1, -0.05) is 30.3 Å². The molecule has 0 saturated carbocycles. The van der Waals surface area contributed by atoms with Gasteiger partial charge in [0.25, 0.3) is 0 Å². The Balaban J connectivity index is 2.09. The van der Waals surface area contributed by atoms with E-state index in [0.717, 1.165) is 10.6 Å². The van der Waals surface area contributed by atoms with Gasteiger partial charge in [0.05, 0.1) is 0 Å². The fraction of sp³-hybridized carbons (Fsp3) is 0.167. The van der Waals surface area contributed by atoms with Crippen LogP contribution in [0.2, 0.25) is 0 Å². The predicted octanol–water partition coefficient (Wildman–Crippen LogP) is 3.38. The van der Waals surface area contributed by atoms with Gasteiger partial charge in [0, 0.05) is 23.2 Å². The highest BCUT2D eigenvalue weighted by Crippen LogP contribution is 2.25. The molecule has 1 N–H and O–H groups in total. The summed E-state index contributed by atoms with van der Waals surface area (Å²) in [5.41, 5.74) is 1.05. The predicted molar refractivity (Wildman–Crippen MR) is 71.5 cm³/mol. The minimum absolute atomic E-state index is 0.107. The first kappa shape index (κ1) is 12.1.